The van der Waals surface area contributed by atoms with E-state index in [0.717, 1.165) is 6.42 Å². The van der Waals surface area contributed by atoms with E-state index in [-0.39, 0.29) is 17.5 Å². The molecule has 0 aliphatic rings. The second kappa shape index (κ2) is 11.2. The molecule has 1 unspecified atom stereocenters. The van der Waals surface area contributed by atoms with Crippen molar-refractivity contribution in [2.75, 3.05) is 20.3 Å². The third-order valence-corrected chi connectivity index (χ3v) is 2.98. The number of phenolic OH excluding ortho intramolecular Hbond substituents is 2. The normalized spacial score (nSPS) is 12.6. The van der Waals surface area contributed by atoms with Crippen LogP contribution in [0.25, 0.3) is 0 Å². The molecule has 24 heavy (non-hydrogen) atoms. The Labute approximate surface area is 139 Å². The van der Waals surface area contributed by atoms with Crippen LogP contribution in [-0.2, 0) is 14.3 Å². The minimum absolute atomic E-state index is 0.188. The highest BCUT2D eigenvalue weighted by molar-refractivity contribution is 6.27. The van der Waals surface area contributed by atoms with Crippen LogP contribution in [0.2, 0.25) is 0 Å². The lowest BCUT2D eigenvalue weighted by molar-refractivity contribution is -0.159. The third kappa shape index (κ3) is 8.93. The van der Waals surface area contributed by atoms with E-state index in [4.69, 9.17) is 24.5 Å². The third-order valence-electron chi connectivity index (χ3n) is 2.98. The van der Waals surface area contributed by atoms with Gasteiger partial charge in [-0.3, -0.25) is 0 Å². The van der Waals surface area contributed by atoms with Crippen LogP contribution < -0.4 is 5.32 Å². The van der Waals surface area contributed by atoms with Crippen molar-refractivity contribution in [2.45, 2.75) is 25.5 Å². The molecular weight excluding hydrogens is 322 g/mol. The molecule has 136 valence electrons. The van der Waals surface area contributed by atoms with Gasteiger partial charge in [0, 0.05) is 26.3 Å². The van der Waals surface area contributed by atoms with Gasteiger partial charge in [-0.05, 0) is 31.0 Å². The molecule has 0 heterocycles. The van der Waals surface area contributed by atoms with E-state index in [1.807, 2.05) is 6.92 Å². The first-order chi connectivity index (χ1) is 11.2. The summed E-state index contributed by atoms with van der Waals surface area (Å²) in [4.78, 5) is 18.2. The highest BCUT2D eigenvalue weighted by atomic mass is 16.5. The average Bonchev–Trinajstić information content (AvgIpc) is 2.53. The number of nitrogens with one attached hydrogen (secondary N) is 1. The maximum atomic E-state index is 9.92. The van der Waals surface area contributed by atoms with E-state index in [9.17, 15) is 15.3 Å². The van der Waals surface area contributed by atoms with Crippen LogP contribution in [0.3, 0.4) is 0 Å². The van der Waals surface area contributed by atoms with Gasteiger partial charge in [0.05, 0.1) is 6.10 Å². The van der Waals surface area contributed by atoms with E-state index in [0.29, 0.717) is 18.7 Å². The van der Waals surface area contributed by atoms with Gasteiger partial charge >= 0.3 is 11.9 Å². The van der Waals surface area contributed by atoms with Crippen LogP contribution in [0.1, 0.15) is 25.0 Å². The average molecular weight is 345 g/mol. The summed E-state index contributed by atoms with van der Waals surface area (Å²) in [6.07, 6.45) is 0.144. The Morgan fingerprint density at radius 3 is 2.21 bits per heavy atom. The second-order valence-corrected chi connectivity index (χ2v) is 4.97. The molecule has 0 saturated heterocycles. The Balaban J connectivity index is 0.000000754. The van der Waals surface area contributed by atoms with Gasteiger partial charge in [-0.1, -0.05) is 6.07 Å². The molecule has 1 rings (SSSR count). The molecule has 0 fully saturated rings. The topological polar surface area (TPSA) is 157 Å². The number of carboxylic acid groups (broad SMARTS) is 2. The molecule has 0 bridgehead atoms. The molecule has 9 nitrogen and oxygen atoms in total. The number of rotatable bonds is 7. The fourth-order valence-electron chi connectivity index (χ4n) is 1.58. The Kier molecular flexibility index (Phi) is 10.1. The Morgan fingerprint density at radius 2 is 1.75 bits per heavy atom. The molecule has 0 aromatic heterocycles. The summed E-state index contributed by atoms with van der Waals surface area (Å²) in [6.45, 7) is 3.07. The number of aliphatic hydroxyl groups is 1. The van der Waals surface area contributed by atoms with Gasteiger partial charge in [-0.15, -0.1) is 0 Å². The SMILES string of the molecule is COCCC(C)NC[C@H](O)c1ccc(O)c(O)c1.O=C(O)C(=O)O. The first kappa shape index (κ1) is 21.6. The molecule has 0 radical (unpaired) electrons. The van der Waals surface area contributed by atoms with E-state index in [1.165, 1.54) is 12.1 Å². The van der Waals surface area contributed by atoms with Crippen LogP contribution in [0.5, 0.6) is 11.5 Å². The van der Waals surface area contributed by atoms with Gasteiger partial charge in [0.2, 0.25) is 0 Å². The number of hydrogen-bond donors (Lipinski definition) is 6. The van der Waals surface area contributed by atoms with Crippen molar-refractivity contribution in [2.24, 2.45) is 0 Å². The smallest absolute Gasteiger partial charge is 0.414 e. The molecule has 0 saturated carbocycles. The largest absolute Gasteiger partial charge is 0.504 e. The lowest BCUT2D eigenvalue weighted by Gasteiger charge is -2.17. The quantitative estimate of drug-likeness (QED) is 0.302. The monoisotopic (exact) mass is 345 g/mol. The summed E-state index contributed by atoms with van der Waals surface area (Å²) >= 11 is 0. The molecule has 0 aliphatic heterocycles. The van der Waals surface area contributed by atoms with Crippen LogP contribution in [0.4, 0.5) is 0 Å². The number of carboxylic acids is 2. The predicted molar refractivity (Wildman–Crippen MR) is 84.0 cm³/mol. The fraction of sp³-hybridized carbons (Fsp3) is 0.467. The molecule has 9 heteroatoms. The van der Waals surface area contributed by atoms with Crippen molar-refractivity contribution >= 4 is 11.9 Å². The van der Waals surface area contributed by atoms with Crippen LogP contribution in [-0.4, -0.2) is 63.8 Å². The number of aliphatic carboxylic acids is 2. The molecule has 0 amide bonds. The highest BCUT2D eigenvalue weighted by Crippen LogP contribution is 2.27. The van der Waals surface area contributed by atoms with E-state index in [2.05, 4.69) is 5.32 Å². The van der Waals surface area contributed by atoms with Crippen molar-refractivity contribution < 1.29 is 39.9 Å². The number of ether oxygens (including phenoxy) is 1. The zero-order valence-corrected chi connectivity index (χ0v) is 13.5. The minimum Gasteiger partial charge on any atom is -0.504 e. The summed E-state index contributed by atoms with van der Waals surface area (Å²) < 4.78 is 4.97. The molecular formula is C15H23NO8. The summed E-state index contributed by atoms with van der Waals surface area (Å²) in [5, 5.41) is 46.4. The first-order valence-electron chi connectivity index (χ1n) is 7.07. The van der Waals surface area contributed by atoms with E-state index in [1.54, 1.807) is 13.2 Å². The molecule has 1 aromatic carbocycles. The zero-order chi connectivity index (χ0) is 18.7. The molecule has 1 aromatic rings. The van der Waals surface area contributed by atoms with Crippen molar-refractivity contribution in [3.05, 3.63) is 23.8 Å². The Hall–Kier alpha value is -2.36. The summed E-state index contributed by atoms with van der Waals surface area (Å²) in [6, 6.07) is 4.55. The van der Waals surface area contributed by atoms with Gasteiger partial charge in [0.1, 0.15) is 0 Å². The van der Waals surface area contributed by atoms with Crippen molar-refractivity contribution in [3.8, 4) is 11.5 Å². The van der Waals surface area contributed by atoms with Gasteiger partial charge in [0.25, 0.3) is 0 Å². The van der Waals surface area contributed by atoms with Crippen LogP contribution in [0, 0.1) is 0 Å². The standard InChI is InChI=1S/C13H21NO4.C2H2O4/c1-9(5-6-18-2)14-8-13(17)10-3-4-11(15)12(16)7-10;3-1(4)2(5)6/h3-4,7,9,13-17H,5-6,8H2,1-2H3;(H,3,4)(H,5,6)/t9?,13-;/m0./s1. The molecule has 2 atom stereocenters. The zero-order valence-electron chi connectivity index (χ0n) is 13.5. The maximum absolute atomic E-state index is 9.92. The number of phenols is 2. The number of aromatic hydroxyl groups is 2. The summed E-state index contributed by atoms with van der Waals surface area (Å²) in [5.74, 6) is -4.06. The number of aliphatic hydroxyl groups excluding tert-OH is 1. The van der Waals surface area contributed by atoms with Gasteiger partial charge in [0.15, 0.2) is 11.5 Å². The minimum atomic E-state index is -1.82. The van der Waals surface area contributed by atoms with E-state index >= 15 is 0 Å². The number of hydrogen-bond acceptors (Lipinski definition) is 7. The first-order valence-corrected chi connectivity index (χ1v) is 7.07. The van der Waals surface area contributed by atoms with Gasteiger partial charge in [-0.25, -0.2) is 9.59 Å². The van der Waals surface area contributed by atoms with Crippen LogP contribution in [0.15, 0.2) is 18.2 Å². The number of benzene rings is 1. The highest BCUT2D eigenvalue weighted by Gasteiger charge is 2.11. The van der Waals surface area contributed by atoms with Gasteiger partial charge < -0.3 is 35.6 Å². The predicted octanol–water partition coefficient (Wildman–Crippen LogP) is 0.301. The Morgan fingerprint density at radius 1 is 1.17 bits per heavy atom. The van der Waals surface area contributed by atoms with Crippen molar-refractivity contribution in [1.82, 2.24) is 5.32 Å². The van der Waals surface area contributed by atoms with Crippen molar-refractivity contribution in [1.29, 1.82) is 0 Å². The lowest BCUT2D eigenvalue weighted by atomic mass is 10.1. The maximum Gasteiger partial charge on any atom is 0.414 e. The number of methoxy groups -OCH3 is 1. The van der Waals surface area contributed by atoms with Crippen LogP contribution >= 0.6 is 0 Å². The fourth-order valence-corrected chi connectivity index (χ4v) is 1.58. The lowest BCUT2D eigenvalue weighted by Crippen LogP contribution is -2.31. The Bertz CT molecular complexity index is 522. The summed E-state index contributed by atoms with van der Waals surface area (Å²) in [7, 11) is 1.65. The molecule has 0 spiro atoms. The van der Waals surface area contributed by atoms with Crippen molar-refractivity contribution in [3.63, 3.8) is 0 Å². The molecule has 0 aliphatic carbocycles. The number of carbonyl (C=O) groups is 2. The van der Waals surface area contributed by atoms with E-state index < -0.39 is 18.0 Å². The molecule has 6 N–H and O–H groups in total. The van der Waals surface area contributed by atoms with Gasteiger partial charge in [-0.2, -0.15) is 0 Å². The second-order valence-electron chi connectivity index (χ2n) is 4.97. The summed E-state index contributed by atoms with van der Waals surface area (Å²) in [5.41, 5.74) is 0.566.